The Kier molecular flexibility index (Phi) is 8.66. The molecular formula is C14H24O5. The number of rotatable bonds is 6. The molecule has 0 aliphatic heterocycles. The minimum absolute atomic E-state index is 0.0694. The van der Waals surface area contributed by atoms with Gasteiger partial charge in [0.15, 0.2) is 5.78 Å². The number of methoxy groups -OCH3 is 2. The van der Waals surface area contributed by atoms with Crippen LogP contribution in [0, 0.1) is 0 Å². The molecule has 0 aromatic heterocycles. The molecule has 19 heavy (non-hydrogen) atoms. The first-order valence-corrected chi connectivity index (χ1v) is 6.71. The van der Waals surface area contributed by atoms with Crippen molar-refractivity contribution in [3.05, 3.63) is 12.2 Å². The number of carbonyl (C=O) groups is 1. The smallest absolute Gasteiger partial charge is 0.186 e. The molecule has 0 bridgehead atoms. The maximum absolute atomic E-state index is 12.1. The van der Waals surface area contributed by atoms with Crippen LogP contribution in [0.1, 0.15) is 32.1 Å². The van der Waals surface area contributed by atoms with Crippen molar-refractivity contribution in [2.75, 3.05) is 27.8 Å². The number of hydrogen-bond donors (Lipinski definition) is 0. The van der Waals surface area contributed by atoms with Gasteiger partial charge in [-0.15, -0.1) is 0 Å². The molecule has 0 radical (unpaired) electrons. The Bertz CT molecular complexity index is 277. The summed E-state index contributed by atoms with van der Waals surface area (Å²) in [5, 5.41) is 0. The van der Waals surface area contributed by atoms with Crippen LogP contribution in [-0.4, -0.2) is 45.8 Å². The number of hydrogen-bond acceptors (Lipinski definition) is 5. The molecule has 2 atom stereocenters. The highest BCUT2D eigenvalue weighted by molar-refractivity contribution is 5.94. The molecule has 2 unspecified atom stereocenters. The molecule has 110 valence electrons. The van der Waals surface area contributed by atoms with E-state index in [9.17, 15) is 4.79 Å². The van der Waals surface area contributed by atoms with Crippen LogP contribution in [-0.2, 0) is 23.7 Å². The molecule has 5 heteroatoms. The zero-order valence-corrected chi connectivity index (χ0v) is 11.8. The van der Waals surface area contributed by atoms with E-state index < -0.39 is 6.10 Å². The summed E-state index contributed by atoms with van der Waals surface area (Å²) in [4.78, 5) is 12.1. The van der Waals surface area contributed by atoms with Crippen LogP contribution in [0.3, 0.4) is 0 Å². The first kappa shape index (κ1) is 16.3. The van der Waals surface area contributed by atoms with Crippen molar-refractivity contribution in [1.29, 1.82) is 0 Å². The van der Waals surface area contributed by atoms with E-state index in [0.29, 0.717) is 0 Å². The molecule has 0 aromatic rings. The summed E-state index contributed by atoms with van der Waals surface area (Å²) < 4.78 is 20.9. The first-order valence-electron chi connectivity index (χ1n) is 6.71. The molecule has 0 aromatic carbocycles. The van der Waals surface area contributed by atoms with E-state index >= 15 is 0 Å². The van der Waals surface area contributed by atoms with Gasteiger partial charge in [-0.3, -0.25) is 4.79 Å². The SMILES string of the molecule is COCOC1CCCCC/C=C\C(=O)C1OCOC. The third-order valence-corrected chi connectivity index (χ3v) is 3.03. The Morgan fingerprint density at radius 2 is 1.84 bits per heavy atom. The van der Waals surface area contributed by atoms with Gasteiger partial charge in [0.1, 0.15) is 19.7 Å². The monoisotopic (exact) mass is 272 g/mol. The fourth-order valence-corrected chi connectivity index (χ4v) is 2.07. The summed E-state index contributed by atoms with van der Waals surface area (Å²) in [7, 11) is 3.10. The van der Waals surface area contributed by atoms with Crippen LogP contribution in [0.25, 0.3) is 0 Å². The van der Waals surface area contributed by atoms with Crippen LogP contribution in [0.4, 0.5) is 0 Å². The molecular weight excluding hydrogens is 248 g/mol. The number of carbonyl (C=O) groups excluding carboxylic acids is 1. The minimum atomic E-state index is -0.621. The van der Waals surface area contributed by atoms with Crippen LogP contribution >= 0.6 is 0 Å². The highest BCUT2D eigenvalue weighted by Gasteiger charge is 2.28. The van der Waals surface area contributed by atoms with E-state index in [-0.39, 0.29) is 25.5 Å². The highest BCUT2D eigenvalue weighted by Crippen LogP contribution is 2.17. The van der Waals surface area contributed by atoms with E-state index in [2.05, 4.69) is 0 Å². The summed E-state index contributed by atoms with van der Waals surface area (Å²) in [5.74, 6) is -0.0694. The van der Waals surface area contributed by atoms with Crippen LogP contribution in [0.2, 0.25) is 0 Å². The van der Waals surface area contributed by atoms with E-state index in [1.54, 1.807) is 13.2 Å². The van der Waals surface area contributed by atoms with Crippen molar-refractivity contribution in [3.8, 4) is 0 Å². The molecule has 0 fully saturated rings. The summed E-state index contributed by atoms with van der Waals surface area (Å²) in [6.07, 6.45) is 7.56. The largest absolute Gasteiger partial charge is 0.359 e. The Morgan fingerprint density at radius 3 is 2.58 bits per heavy atom. The third-order valence-electron chi connectivity index (χ3n) is 3.03. The fraction of sp³-hybridized carbons (Fsp3) is 0.786. The van der Waals surface area contributed by atoms with Crippen LogP contribution in [0.5, 0.6) is 0 Å². The lowest BCUT2D eigenvalue weighted by molar-refractivity contribution is -0.168. The maximum Gasteiger partial charge on any atom is 0.186 e. The third kappa shape index (κ3) is 6.29. The molecule has 0 amide bonds. The first-order chi connectivity index (χ1) is 9.29. The van der Waals surface area contributed by atoms with Gasteiger partial charge in [-0.2, -0.15) is 0 Å². The maximum atomic E-state index is 12.1. The molecule has 0 saturated carbocycles. The quantitative estimate of drug-likeness (QED) is 0.693. The lowest BCUT2D eigenvalue weighted by Gasteiger charge is -2.25. The molecule has 1 aliphatic carbocycles. The van der Waals surface area contributed by atoms with Gasteiger partial charge in [-0.1, -0.05) is 18.9 Å². The molecule has 0 spiro atoms. The van der Waals surface area contributed by atoms with E-state index in [4.69, 9.17) is 18.9 Å². The van der Waals surface area contributed by atoms with Gasteiger partial charge < -0.3 is 18.9 Å². The normalized spacial score (nSPS) is 27.2. The molecule has 1 rings (SSSR count). The second-order valence-corrected chi connectivity index (χ2v) is 4.55. The Hall–Kier alpha value is -0.750. The molecule has 5 nitrogen and oxygen atoms in total. The van der Waals surface area contributed by atoms with Gasteiger partial charge in [0.05, 0.1) is 6.10 Å². The second-order valence-electron chi connectivity index (χ2n) is 4.55. The summed E-state index contributed by atoms with van der Waals surface area (Å²) in [6.45, 7) is 0.242. The predicted molar refractivity (Wildman–Crippen MR) is 70.7 cm³/mol. The zero-order valence-electron chi connectivity index (χ0n) is 11.8. The fourth-order valence-electron chi connectivity index (χ4n) is 2.07. The average Bonchev–Trinajstić information content (AvgIpc) is 2.42. The van der Waals surface area contributed by atoms with Gasteiger partial charge in [0.25, 0.3) is 0 Å². The lowest BCUT2D eigenvalue weighted by Crippen LogP contribution is -2.39. The van der Waals surface area contributed by atoms with E-state index in [1.807, 2.05) is 6.08 Å². The molecule has 0 saturated heterocycles. The van der Waals surface area contributed by atoms with Crippen molar-refractivity contribution in [3.63, 3.8) is 0 Å². The Balaban J connectivity index is 2.72. The van der Waals surface area contributed by atoms with E-state index in [1.165, 1.54) is 7.11 Å². The minimum Gasteiger partial charge on any atom is -0.359 e. The van der Waals surface area contributed by atoms with E-state index in [0.717, 1.165) is 32.1 Å². The molecule has 1 aliphatic rings. The number of ether oxygens (including phenoxy) is 4. The van der Waals surface area contributed by atoms with Crippen molar-refractivity contribution >= 4 is 5.78 Å². The average molecular weight is 272 g/mol. The topological polar surface area (TPSA) is 54.0 Å². The van der Waals surface area contributed by atoms with Crippen LogP contribution in [0.15, 0.2) is 12.2 Å². The van der Waals surface area contributed by atoms with Crippen molar-refractivity contribution in [1.82, 2.24) is 0 Å². The Labute approximate surface area is 114 Å². The van der Waals surface area contributed by atoms with Crippen LogP contribution < -0.4 is 0 Å². The van der Waals surface area contributed by atoms with Gasteiger partial charge >= 0.3 is 0 Å². The van der Waals surface area contributed by atoms with Crippen molar-refractivity contribution in [2.45, 2.75) is 44.3 Å². The summed E-state index contributed by atoms with van der Waals surface area (Å²) in [6, 6.07) is 0. The zero-order chi connectivity index (χ0) is 13.9. The molecule has 0 N–H and O–H groups in total. The summed E-state index contributed by atoms with van der Waals surface area (Å²) in [5.41, 5.74) is 0. The summed E-state index contributed by atoms with van der Waals surface area (Å²) >= 11 is 0. The second kappa shape index (κ2) is 10.1. The highest BCUT2D eigenvalue weighted by atomic mass is 16.7. The lowest BCUT2D eigenvalue weighted by atomic mass is 9.99. The van der Waals surface area contributed by atoms with Gasteiger partial charge in [-0.05, 0) is 25.3 Å². The van der Waals surface area contributed by atoms with Gasteiger partial charge in [0.2, 0.25) is 0 Å². The van der Waals surface area contributed by atoms with Crippen molar-refractivity contribution in [2.24, 2.45) is 0 Å². The van der Waals surface area contributed by atoms with Gasteiger partial charge in [-0.25, -0.2) is 0 Å². The standard InChI is InChI=1S/C14H24O5/c1-16-10-18-13-9-7-5-3-4-6-8-12(15)14(13)19-11-17-2/h6,8,13-14H,3-5,7,9-11H2,1-2H3/b8-6-. The number of allylic oxidation sites excluding steroid dienone is 1. The predicted octanol–water partition coefficient (Wildman–Crippen LogP) is 2.05. The Morgan fingerprint density at radius 1 is 1.11 bits per heavy atom. The van der Waals surface area contributed by atoms with Gasteiger partial charge in [0, 0.05) is 14.2 Å². The van der Waals surface area contributed by atoms with Crippen molar-refractivity contribution < 1.29 is 23.7 Å². The number of ketones is 1. The molecule has 0 heterocycles.